The summed E-state index contributed by atoms with van der Waals surface area (Å²) < 4.78 is 5.36. The number of nitrogens with one attached hydrogen (secondary N) is 1. The highest BCUT2D eigenvalue weighted by Gasteiger charge is 2.29. The summed E-state index contributed by atoms with van der Waals surface area (Å²) in [6.45, 7) is 4.14. The maximum atomic E-state index is 5.36. The summed E-state index contributed by atoms with van der Waals surface area (Å²) in [5.41, 5.74) is 0.961. The third kappa shape index (κ3) is 2.26. The summed E-state index contributed by atoms with van der Waals surface area (Å²) in [5, 5.41) is 7.38. The van der Waals surface area contributed by atoms with Gasteiger partial charge in [-0.15, -0.1) is 0 Å². The molecule has 2 aromatic rings. The second-order valence-electron chi connectivity index (χ2n) is 4.79. The van der Waals surface area contributed by atoms with Gasteiger partial charge in [0, 0.05) is 18.4 Å². The topological polar surface area (TPSA) is 63.8 Å². The van der Waals surface area contributed by atoms with E-state index in [9.17, 15) is 0 Å². The molecule has 1 fully saturated rings. The van der Waals surface area contributed by atoms with E-state index < -0.39 is 0 Å². The number of rotatable bonds is 3. The van der Waals surface area contributed by atoms with Crippen LogP contribution in [0.2, 0.25) is 0 Å². The quantitative estimate of drug-likeness (QED) is 0.883. The second kappa shape index (κ2) is 4.86. The van der Waals surface area contributed by atoms with Crippen LogP contribution >= 0.6 is 0 Å². The summed E-state index contributed by atoms with van der Waals surface area (Å²) in [6, 6.07) is 5.83. The summed E-state index contributed by atoms with van der Waals surface area (Å²) in [4.78, 5) is 8.74. The van der Waals surface area contributed by atoms with Crippen molar-refractivity contribution in [2.24, 2.45) is 5.92 Å². The van der Waals surface area contributed by atoms with Gasteiger partial charge in [-0.2, -0.15) is 4.98 Å². The van der Waals surface area contributed by atoms with Crippen LogP contribution in [0.4, 0.5) is 0 Å². The fourth-order valence-corrected chi connectivity index (χ4v) is 2.30. The number of pyridine rings is 1. The lowest BCUT2D eigenvalue weighted by molar-refractivity contribution is 0.337. The average Bonchev–Trinajstić information content (AvgIpc) is 2.99. The number of nitrogens with zero attached hydrogens (tertiary/aromatic N) is 3. The maximum Gasteiger partial charge on any atom is 0.231 e. The molecule has 0 radical (unpaired) electrons. The molecule has 0 bridgehead atoms. The van der Waals surface area contributed by atoms with Crippen LogP contribution in [0.5, 0.6) is 0 Å². The van der Waals surface area contributed by atoms with Crippen molar-refractivity contribution >= 4 is 0 Å². The molecule has 1 aliphatic rings. The van der Waals surface area contributed by atoms with E-state index in [0.29, 0.717) is 24.1 Å². The molecule has 2 aromatic heterocycles. The van der Waals surface area contributed by atoms with Crippen molar-refractivity contribution in [3.63, 3.8) is 0 Å². The summed E-state index contributed by atoms with van der Waals surface area (Å²) >= 11 is 0. The van der Waals surface area contributed by atoms with Gasteiger partial charge >= 0.3 is 0 Å². The van der Waals surface area contributed by atoms with E-state index in [1.54, 1.807) is 6.20 Å². The lowest BCUT2D eigenvalue weighted by atomic mass is 9.98. The highest BCUT2D eigenvalue weighted by Crippen LogP contribution is 2.26. The normalized spacial score (nSPS) is 23.4. The average molecular weight is 244 g/mol. The van der Waals surface area contributed by atoms with Gasteiger partial charge in [-0.1, -0.05) is 18.1 Å². The van der Waals surface area contributed by atoms with Crippen LogP contribution in [-0.2, 0) is 6.42 Å². The van der Waals surface area contributed by atoms with E-state index in [4.69, 9.17) is 4.52 Å². The first-order valence-corrected chi connectivity index (χ1v) is 6.26. The van der Waals surface area contributed by atoms with Gasteiger partial charge in [0.25, 0.3) is 0 Å². The van der Waals surface area contributed by atoms with E-state index in [-0.39, 0.29) is 0 Å². The smallest absolute Gasteiger partial charge is 0.231 e. The molecular formula is C13H16N4O. The molecule has 3 rings (SSSR count). The molecular weight excluding hydrogens is 228 g/mol. The first-order valence-electron chi connectivity index (χ1n) is 6.26. The van der Waals surface area contributed by atoms with Gasteiger partial charge in [0.15, 0.2) is 5.82 Å². The van der Waals surface area contributed by atoms with Crippen molar-refractivity contribution in [2.75, 3.05) is 13.1 Å². The fourth-order valence-electron chi connectivity index (χ4n) is 2.30. The Bertz CT molecular complexity index is 511. The molecule has 5 heteroatoms. The Balaban J connectivity index is 1.74. The monoisotopic (exact) mass is 244 g/mol. The van der Waals surface area contributed by atoms with Crippen LogP contribution in [-0.4, -0.2) is 28.2 Å². The molecule has 0 amide bonds. The van der Waals surface area contributed by atoms with Crippen LogP contribution in [0.25, 0.3) is 0 Å². The molecule has 1 aliphatic heterocycles. The van der Waals surface area contributed by atoms with Crippen molar-refractivity contribution < 1.29 is 4.52 Å². The Kier molecular flexibility index (Phi) is 3.06. The van der Waals surface area contributed by atoms with Crippen molar-refractivity contribution in [3.8, 4) is 0 Å². The van der Waals surface area contributed by atoms with Gasteiger partial charge in [-0.3, -0.25) is 4.98 Å². The highest BCUT2D eigenvalue weighted by atomic mass is 16.5. The molecule has 5 nitrogen and oxygen atoms in total. The van der Waals surface area contributed by atoms with Crippen LogP contribution in [0, 0.1) is 5.92 Å². The van der Waals surface area contributed by atoms with Crippen LogP contribution < -0.4 is 5.32 Å². The number of hydrogen-bond donors (Lipinski definition) is 1. The highest BCUT2D eigenvalue weighted by molar-refractivity contribution is 5.10. The Morgan fingerprint density at radius 1 is 1.39 bits per heavy atom. The summed E-state index contributed by atoms with van der Waals surface area (Å²) in [7, 11) is 0. The van der Waals surface area contributed by atoms with Gasteiger partial charge in [-0.25, -0.2) is 0 Å². The summed E-state index contributed by atoms with van der Waals surface area (Å²) in [5.74, 6) is 2.35. The lowest BCUT2D eigenvalue weighted by Crippen LogP contribution is -2.08. The molecule has 1 N–H and O–H groups in total. The molecule has 94 valence electrons. The minimum absolute atomic E-state index is 0.343. The first-order chi connectivity index (χ1) is 8.83. The van der Waals surface area contributed by atoms with E-state index in [2.05, 4.69) is 27.4 Å². The zero-order valence-electron chi connectivity index (χ0n) is 10.3. The lowest BCUT2D eigenvalue weighted by Gasteiger charge is -2.07. The molecule has 2 unspecified atom stereocenters. The Morgan fingerprint density at radius 2 is 2.33 bits per heavy atom. The Hall–Kier alpha value is -1.75. The summed E-state index contributed by atoms with van der Waals surface area (Å²) in [6.07, 6.45) is 2.40. The van der Waals surface area contributed by atoms with Crippen LogP contribution in [0.3, 0.4) is 0 Å². The molecule has 3 heterocycles. The Labute approximate surface area is 106 Å². The zero-order chi connectivity index (χ0) is 12.4. The second-order valence-corrected chi connectivity index (χ2v) is 4.79. The van der Waals surface area contributed by atoms with Crippen LogP contribution in [0.15, 0.2) is 28.9 Å². The largest absolute Gasteiger partial charge is 0.339 e. The van der Waals surface area contributed by atoms with Gasteiger partial charge in [0.05, 0.1) is 12.3 Å². The van der Waals surface area contributed by atoms with Crippen molar-refractivity contribution in [3.05, 3.63) is 41.8 Å². The van der Waals surface area contributed by atoms with E-state index >= 15 is 0 Å². The number of hydrogen-bond acceptors (Lipinski definition) is 5. The van der Waals surface area contributed by atoms with E-state index in [0.717, 1.165) is 24.7 Å². The molecule has 0 aliphatic carbocycles. The Morgan fingerprint density at radius 3 is 3.06 bits per heavy atom. The molecule has 0 aromatic carbocycles. The SMILES string of the molecule is CC1CNCC1c1nc(Cc2ccccn2)no1. The van der Waals surface area contributed by atoms with E-state index in [1.807, 2.05) is 18.2 Å². The third-order valence-electron chi connectivity index (χ3n) is 3.38. The molecule has 0 saturated carbocycles. The standard InChI is InChI=1S/C13H16N4O/c1-9-7-14-8-11(9)13-16-12(17-18-13)6-10-4-2-3-5-15-10/h2-5,9,11,14H,6-8H2,1H3. The predicted molar refractivity (Wildman–Crippen MR) is 66.1 cm³/mol. The first kappa shape index (κ1) is 11.3. The van der Waals surface area contributed by atoms with Gasteiger partial charge in [-0.05, 0) is 24.6 Å². The molecule has 1 saturated heterocycles. The minimum atomic E-state index is 0.343. The molecule has 0 spiro atoms. The van der Waals surface area contributed by atoms with Crippen molar-refractivity contribution in [1.29, 1.82) is 0 Å². The van der Waals surface area contributed by atoms with Crippen molar-refractivity contribution in [2.45, 2.75) is 19.3 Å². The minimum Gasteiger partial charge on any atom is -0.339 e. The predicted octanol–water partition coefficient (Wildman–Crippen LogP) is 1.38. The third-order valence-corrected chi connectivity index (χ3v) is 3.38. The van der Waals surface area contributed by atoms with Gasteiger partial charge in [0.1, 0.15) is 0 Å². The van der Waals surface area contributed by atoms with Gasteiger partial charge in [0.2, 0.25) is 5.89 Å². The fraction of sp³-hybridized carbons (Fsp3) is 0.462. The molecule has 18 heavy (non-hydrogen) atoms. The van der Waals surface area contributed by atoms with Gasteiger partial charge < -0.3 is 9.84 Å². The number of aromatic nitrogens is 3. The van der Waals surface area contributed by atoms with E-state index in [1.165, 1.54) is 0 Å². The van der Waals surface area contributed by atoms with Crippen molar-refractivity contribution in [1.82, 2.24) is 20.4 Å². The zero-order valence-corrected chi connectivity index (χ0v) is 10.3. The molecule has 2 atom stereocenters. The van der Waals surface area contributed by atoms with Crippen LogP contribution in [0.1, 0.15) is 30.3 Å². The maximum absolute atomic E-state index is 5.36.